The van der Waals surface area contributed by atoms with Gasteiger partial charge in [-0.1, -0.05) is 13.3 Å². The van der Waals surface area contributed by atoms with Gasteiger partial charge in [-0.25, -0.2) is 0 Å². The summed E-state index contributed by atoms with van der Waals surface area (Å²) < 4.78 is 0. The molecule has 19 heavy (non-hydrogen) atoms. The van der Waals surface area contributed by atoms with Crippen LogP contribution in [0.25, 0.3) is 0 Å². The maximum absolute atomic E-state index is 3.80. The summed E-state index contributed by atoms with van der Waals surface area (Å²) in [6, 6.07) is 0. The van der Waals surface area contributed by atoms with Crippen LogP contribution in [0.3, 0.4) is 0 Å². The molecule has 0 aromatic heterocycles. The Kier molecular flexibility index (Phi) is 4.91. The predicted molar refractivity (Wildman–Crippen MR) is 82.6 cm³/mol. The first-order valence-electron chi connectivity index (χ1n) is 8.18. The van der Waals surface area contributed by atoms with Gasteiger partial charge in [0.15, 0.2) is 0 Å². The van der Waals surface area contributed by atoms with Gasteiger partial charge in [-0.15, -0.1) is 0 Å². The molecule has 1 atom stereocenters. The van der Waals surface area contributed by atoms with Crippen LogP contribution in [-0.2, 0) is 0 Å². The Balaban J connectivity index is 1.84. The third-order valence-electron chi connectivity index (χ3n) is 4.91. The fourth-order valence-corrected chi connectivity index (χ4v) is 3.78. The van der Waals surface area contributed by atoms with Crippen molar-refractivity contribution in [3.63, 3.8) is 0 Å². The first-order valence-corrected chi connectivity index (χ1v) is 8.18. The van der Waals surface area contributed by atoms with Gasteiger partial charge in [0.1, 0.15) is 0 Å². The van der Waals surface area contributed by atoms with Crippen molar-refractivity contribution in [1.82, 2.24) is 15.1 Å². The molecule has 2 rings (SSSR count). The summed E-state index contributed by atoms with van der Waals surface area (Å²) in [6.45, 7) is 16.7. The van der Waals surface area contributed by atoms with Gasteiger partial charge in [0.05, 0.1) is 0 Å². The molecule has 2 fully saturated rings. The molecule has 3 heteroatoms. The van der Waals surface area contributed by atoms with Gasteiger partial charge in [-0.3, -0.25) is 9.80 Å². The highest BCUT2D eigenvalue weighted by Crippen LogP contribution is 2.27. The van der Waals surface area contributed by atoms with Crippen LogP contribution in [0.5, 0.6) is 0 Å². The number of hydrogen-bond donors (Lipinski definition) is 1. The summed E-state index contributed by atoms with van der Waals surface area (Å²) in [5, 5.41) is 3.80. The van der Waals surface area contributed by atoms with E-state index in [1.54, 1.807) is 0 Å². The average molecular weight is 267 g/mol. The summed E-state index contributed by atoms with van der Waals surface area (Å²) >= 11 is 0. The van der Waals surface area contributed by atoms with Crippen LogP contribution in [0.1, 0.15) is 53.4 Å². The van der Waals surface area contributed by atoms with Gasteiger partial charge in [-0.05, 0) is 46.6 Å². The van der Waals surface area contributed by atoms with E-state index in [1.807, 2.05) is 0 Å². The minimum absolute atomic E-state index is 0.332. The Morgan fingerprint density at radius 1 is 1.11 bits per heavy atom. The fraction of sp³-hybridized carbons (Fsp3) is 1.00. The number of hydrogen-bond acceptors (Lipinski definition) is 3. The van der Waals surface area contributed by atoms with Gasteiger partial charge in [0.25, 0.3) is 0 Å². The lowest BCUT2D eigenvalue weighted by molar-refractivity contribution is 0.0485. The molecular weight excluding hydrogens is 234 g/mol. The molecule has 2 aliphatic heterocycles. The van der Waals surface area contributed by atoms with Crippen LogP contribution >= 0.6 is 0 Å². The smallest absolute Gasteiger partial charge is 0.0309 e. The van der Waals surface area contributed by atoms with Gasteiger partial charge in [0, 0.05) is 43.8 Å². The molecule has 0 aliphatic carbocycles. The first-order chi connectivity index (χ1) is 8.95. The zero-order valence-electron chi connectivity index (χ0n) is 13.5. The summed E-state index contributed by atoms with van der Waals surface area (Å²) in [4.78, 5) is 5.31. The van der Waals surface area contributed by atoms with Crippen molar-refractivity contribution < 1.29 is 0 Å². The second kappa shape index (κ2) is 6.11. The van der Waals surface area contributed by atoms with Gasteiger partial charge >= 0.3 is 0 Å². The van der Waals surface area contributed by atoms with E-state index >= 15 is 0 Å². The summed E-state index contributed by atoms with van der Waals surface area (Å²) in [5.41, 5.74) is 0.761. The molecule has 2 heterocycles. The van der Waals surface area contributed by atoms with Crippen LogP contribution < -0.4 is 5.32 Å². The van der Waals surface area contributed by atoms with E-state index in [0.29, 0.717) is 11.1 Å². The maximum Gasteiger partial charge on any atom is 0.0309 e. The van der Waals surface area contributed by atoms with Gasteiger partial charge < -0.3 is 5.32 Å². The average Bonchev–Trinajstić information content (AvgIpc) is 2.77. The first kappa shape index (κ1) is 15.3. The second-order valence-corrected chi connectivity index (χ2v) is 7.49. The van der Waals surface area contributed by atoms with E-state index in [9.17, 15) is 0 Å². The largest absolute Gasteiger partial charge is 0.310 e. The van der Waals surface area contributed by atoms with Crippen molar-refractivity contribution in [2.75, 3.05) is 39.3 Å². The van der Waals surface area contributed by atoms with Crippen molar-refractivity contribution in [3.8, 4) is 0 Å². The number of rotatable bonds is 4. The summed E-state index contributed by atoms with van der Waals surface area (Å²) in [7, 11) is 0. The molecule has 0 amide bonds. The third kappa shape index (κ3) is 3.93. The van der Waals surface area contributed by atoms with Gasteiger partial charge in [0.2, 0.25) is 0 Å². The molecular formula is C16H33N3. The lowest BCUT2D eigenvalue weighted by atomic mass is 9.91. The summed E-state index contributed by atoms with van der Waals surface area (Å²) in [5.74, 6) is 0. The van der Waals surface area contributed by atoms with Gasteiger partial charge in [-0.2, -0.15) is 0 Å². The Morgan fingerprint density at radius 2 is 1.79 bits per heavy atom. The number of piperazine rings is 1. The van der Waals surface area contributed by atoms with Crippen LogP contribution in [-0.4, -0.2) is 60.1 Å². The Labute approximate surface area is 119 Å². The minimum atomic E-state index is 0.332. The van der Waals surface area contributed by atoms with Crippen molar-refractivity contribution in [1.29, 1.82) is 0 Å². The normalized spacial score (nSPS) is 30.9. The van der Waals surface area contributed by atoms with E-state index < -0.39 is 0 Å². The zero-order valence-corrected chi connectivity index (χ0v) is 13.5. The lowest BCUT2D eigenvalue weighted by Crippen LogP contribution is -2.58. The van der Waals surface area contributed by atoms with Crippen LogP contribution in [0, 0.1) is 0 Å². The number of nitrogens with one attached hydrogen (secondary N) is 1. The van der Waals surface area contributed by atoms with Crippen molar-refractivity contribution in [3.05, 3.63) is 0 Å². The number of nitrogens with zero attached hydrogens (tertiary/aromatic N) is 2. The Bertz CT molecular complexity index is 268. The molecule has 2 saturated heterocycles. The SMILES string of the molecule is CCCC1(CN2CCN(C(C)(C)C)CC2)CCCN1. The van der Waals surface area contributed by atoms with Crippen molar-refractivity contribution in [2.45, 2.75) is 64.5 Å². The highest BCUT2D eigenvalue weighted by atomic mass is 15.3. The Morgan fingerprint density at radius 3 is 2.26 bits per heavy atom. The third-order valence-corrected chi connectivity index (χ3v) is 4.91. The van der Waals surface area contributed by atoms with E-state index in [-0.39, 0.29) is 0 Å². The molecule has 0 aromatic rings. The zero-order chi connectivity index (χ0) is 13.9. The van der Waals surface area contributed by atoms with E-state index in [0.717, 1.165) is 0 Å². The van der Waals surface area contributed by atoms with E-state index in [1.165, 1.54) is 65.0 Å². The predicted octanol–water partition coefficient (Wildman–Crippen LogP) is 2.32. The topological polar surface area (TPSA) is 18.5 Å². The monoisotopic (exact) mass is 267 g/mol. The van der Waals surface area contributed by atoms with Crippen molar-refractivity contribution >= 4 is 0 Å². The van der Waals surface area contributed by atoms with E-state index in [2.05, 4.69) is 42.8 Å². The molecule has 1 unspecified atom stereocenters. The molecule has 0 radical (unpaired) electrons. The van der Waals surface area contributed by atoms with Crippen LogP contribution in [0.4, 0.5) is 0 Å². The molecule has 1 N–H and O–H groups in total. The van der Waals surface area contributed by atoms with Crippen molar-refractivity contribution in [2.24, 2.45) is 0 Å². The summed E-state index contributed by atoms with van der Waals surface area (Å²) in [6.07, 6.45) is 5.38. The standard InChI is InChI=1S/C16H33N3/c1-5-7-16(8-6-9-17-16)14-18-10-12-19(13-11-18)15(2,3)4/h17H,5-14H2,1-4H3. The second-order valence-electron chi connectivity index (χ2n) is 7.49. The molecule has 0 saturated carbocycles. The molecule has 3 nitrogen and oxygen atoms in total. The van der Waals surface area contributed by atoms with Crippen LogP contribution in [0.15, 0.2) is 0 Å². The maximum atomic E-state index is 3.80. The molecule has 112 valence electrons. The molecule has 0 spiro atoms. The Hall–Kier alpha value is -0.120. The minimum Gasteiger partial charge on any atom is -0.310 e. The molecule has 0 aromatic carbocycles. The highest BCUT2D eigenvalue weighted by molar-refractivity contribution is 4.96. The van der Waals surface area contributed by atoms with E-state index in [4.69, 9.17) is 0 Å². The highest BCUT2D eigenvalue weighted by Gasteiger charge is 2.35. The van der Waals surface area contributed by atoms with Crippen LogP contribution in [0.2, 0.25) is 0 Å². The quantitative estimate of drug-likeness (QED) is 0.843. The molecule has 0 bridgehead atoms. The lowest BCUT2D eigenvalue weighted by Gasteiger charge is -2.44. The molecule has 2 aliphatic rings. The fourth-order valence-electron chi connectivity index (χ4n) is 3.78.